The number of nitrogens with zero attached hydrogens (tertiary/aromatic N) is 1. The summed E-state index contributed by atoms with van der Waals surface area (Å²) in [6.45, 7) is 6.15. The normalized spacial score (nSPS) is 12.5. The van der Waals surface area contributed by atoms with E-state index in [0.717, 1.165) is 36.5 Å². The lowest BCUT2D eigenvalue weighted by molar-refractivity contribution is 0.561. The highest BCUT2D eigenvalue weighted by Gasteiger charge is 2.14. The van der Waals surface area contributed by atoms with Crippen LogP contribution in [0.1, 0.15) is 31.9 Å². The van der Waals surface area contributed by atoms with Crippen molar-refractivity contribution in [2.24, 2.45) is 0 Å². The van der Waals surface area contributed by atoms with Crippen LogP contribution in [0, 0.1) is 5.82 Å². The van der Waals surface area contributed by atoms with Crippen molar-refractivity contribution < 1.29 is 4.39 Å². The van der Waals surface area contributed by atoms with Gasteiger partial charge in [-0.05, 0) is 49.9 Å². The molecule has 0 bridgehead atoms. The first-order chi connectivity index (χ1) is 9.10. The van der Waals surface area contributed by atoms with Gasteiger partial charge in [-0.1, -0.05) is 6.92 Å². The fourth-order valence-electron chi connectivity index (χ4n) is 2.04. The molecule has 1 N–H and O–H groups in total. The maximum atomic E-state index is 13.5. The molecule has 0 fully saturated rings. The van der Waals surface area contributed by atoms with Gasteiger partial charge in [-0.2, -0.15) is 11.8 Å². The molecule has 0 aliphatic rings. The largest absolute Gasteiger partial charge is 0.373 e. The molecule has 2 nitrogen and oxygen atoms in total. The summed E-state index contributed by atoms with van der Waals surface area (Å²) in [6, 6.07) is 5.25. The molecule has 1 aromatic rings. The summed E-state index contributed by atoms with van der Waals surface area (Å²) in [7, 11) is 2.07. The highest BCUT2D eigenvalue weighted by Crippen LogP contribution is 2.26. The smallest absolute Gasteiger partial charge is 0.123 e. The van der Waals surface area contributed by atoms with Crippen LogP contribution in [-0.4, -0.2) is 32.1 Å². The Morgan fingerprint density at radius 1 is 1.42 bits per heavy atom. The quantitative estimate of drug-likeness (QED) is 0.784. The molecule has 1 atom stereocenters. The molecule has 0 aromatic heterocycles. The Balaban J connectivity index is 2.90. The molecule has 1 aromatic carbocycles. The number of rotatable bonds is 8. The lowest BCUT2D eigenvalue weighted by atomic mass is 10.0. The van der Waals surface area contributed by atoms with Crippen LogP contribution in [0.15, 0.2) is 18.2 Å². The van der Waals surface area contributed by atoms with Crippen LogP contribution in [0.2, 0.25) is 0 Å². The van der Waals surface area contributed by atoms with E-state index in [0.29, 0.717) is 0 Å². The number of hydrogen-bond donors (Lipinski definition) is 1. The third-order valence-electron chi connectivity index (χ3n) is 3.20. The van der Waals surface area contributed by atoms with E-state index in [9.17, 15) is 4.39 Å². The van der Waals surface area contributed by atoms with Gasteiger partial charge in [-0.3, -0.25) is 0 Å². The van der Waals surface area contributed by atoms with Crippen LogP contribution in [0.4, 0.5) is 10.1 Å². The van der Waals surface area contributed by atoms with Crippen molar-refractivity contribution in [1.82, 2.24) is 5.32 Å². The third-order valence-corrected chi connectivity index (χ3v) is 3.79. The molecule has 4 heteroatoms. The number of hydrogen-bond acceptors (Lipinski definition) is 3. The Kier molecular flexibility index (Phi) is 7.24. The van der Waals surface area contributed by atoms with Crippen molar-refractivity contribution in [2.45, 2.75) is 26.3 Å². The van der Waals surface area contributed by atoms with Gasteiger partial charge in [0.1, 0.15) is 5.82 Å². The molecule has 0 heterocycles. The van der Waals surface area contributed by atoms with Crippen LogP contribution in [0.3, 0.4) is 0 Å². The lowest BCUT2D eigenvalue weighted by Gasteiger charge is -2.25. The second-order valence-electron chi connectivity index (χ2n) is 4.79. The molecule has 0 saturated heterocycles. The first-order valence-corrected chi connectivity index (χ1v) is 8.22. The maximum Gasteiger partial charge on any atom is 0.123 e. The molecule has 0 aliphatic heterocycles. The van der Waals surface area contributed by atoms with Crippen molar-refractivity contribution in [3.63, 3.8) is 0 Å². The van der Waals surface area contributed by atoms with E-state index in [2.05, 4.69) is 37.4 Å². The molecule has 1 rings (SSSR count). The monoisotopic (exact) mass is 284 g/mol. The van der Waals surface area contributed by atoms with Gasteiger partial charge in [0.05, 0.1) is 0 Å². The molecule has 0 amide bonds. The average molecular weight is 284 g/mol. The summed E-state index contributed by atoms with van der Waals surface area (Å²) in [6.07, 6.45) is 3.18. The van der Waals surface area contributed by atoms with E-state index >= 15 is 0 Å². The predicted octanol–water partition coefficient (Wildman–Crippen LogP) is 3.69. The van der Waals surface area contributed by atoms with Gasteiger partial charge in [-0.25, -0.2) is 4.39 Å². The van der Waals surface area contributed by atoms with E-state index in [1.807, 2.05) is 17.8 Å². The first kappa shape index (κ1) is 16.3. The molecule has 0 radical (unpaired) electrons. The van der Waals surface area contributed by atoms with Crippen LogP contribution in [0.5, 0.6) is 0 Å². The van der Waals surface area contributed by atoms with Crippen LogP contribution >= 0.6 is 11.8 Å². The fraction of sp³-hybridized carbons (Fsp3) is 0.600. The number of thioether (sulfide) groups is 1. The number of anilines is 1. The Hall–Kier alpha value is -0.740. The summed E-state index contributed by atoms with van der Waals surface area (Å²) in [4.78, 5) is 2.20. The van der Waals surface area contributed by atoms with E-state index in [-0.39, 0.29) is 11.9 Å². The third kappa shape index (κ3) is 5.03. The van der Waals surface area contributed by atoms with Crippen LogP contribution in [0.25, 0.3) is 0 Å². The Labute approximate surface area is 120 Å². The highest BCUT2D eigenvalue weighted by atomic mass is 32.2. The maximum absolute atomic E-state index is 13.5. The Morgan fingerprint density at radius 3 is 2.79 bits per heavy atom. The predicted molar refractivity (Wildman–Crippen MR) is 84.8 cm³/mol. The van der Waals surface area contributed by atoms with E-state index in [1.165, 1.54) is 0 Å². The molecule has 0 spiro atoms. The van der Waals surface area contributed by atoms with Crippen molar-refractivity contribution >= 4 is 17.4 Å². The standard InChI is InChI=1S/C15H25FN2S/c1-5-8-17-12(2)14-11-13(16)6-7-15(14)18(3)9-10-19-4/h6-7,11-12,17H,5,8-10H2,1-4H3. The van der Waals surface area contributed by atoms with Crippen LogP contribution < -0.4 is 10.2 Å². The number of halogens is 1. The minimum absolute atomic E-state index is 0.165. The van der Waals surface area contributed by atoms with Crippen LogP contribution in [-0.2, 0) is 0 Å². The summed E-state index contributed by atoms with van der Waals surface area (Å²) < 4.78 is 13.5. The SMILES string of the molecule is CCCNC(C)c1cc(F)ccc1N(C)CCSC. The highest BCUT2D eigenvalue weighted by molar-refractivity contribution is 7.98. The zero-order valence-corrected chi connectivity index (χ0v) is 13.2. The van der Waals surface area contributed by atoms with Gasteiger partial charge in [0.2, 0.25) is 0 Å². The second-order valence-corrected chi connectivity index (χ2v) is 5.78. The molecule has 0 saturated carbocycles. The molecule has 108 valence electrons. The van der Waals surface area contributed by atoms with Crippen molar-refractivity contribution in [3.05, 3.63) is 29.6 Å². The molecular weight excluding hydrogens is 259 g/mol. The summed E-state index contributed by atoms with van der Waals surface area (Å²) >= 11 is 1.82. The van der Waals surface area contributed by atoms with Gasteiger partial charge in [0.15, 0.2) is 0 Å². The average Bonchev–Trinajstić information content (AvgIpc) is 2.41. The Bertz CT molecular complexity index is 384. The van der Waals surface area contributed by atoms with Gasteiger partial charge in [0, 0.05) is 31.1 Å². The second kappa shape index (κ2) is 8.43. The number of benzene rings is 1. The molecular formula is C15H25FN2S. The minimum Gasteiger partial charge on any atom is -0.373 e. The van der Waals surface area contributed by atoms with Crippen molar-refractivity contribution in [1.29, 1.82) is 0 Å². The lowest BCUT2D eigenvalue weighted by Crippen LogP contribution is -2.25. The van der Waals surface area contributed by atoms with E-state index < -0.39 is 0 Å². The molecule has 1 unspecified atom stereocenters. The molecule has 19 heavy (non-hydrogen) atoms. The van der Waals surface area contributed by atoms with Crippen molar-refractivity contribution in [2.75, 3.05) is 37.0 Å². The minimum atomic E-state index is -0.165. The van der Waals surface area contributed by atoms with E-state index in [1.54, 1.807) is 12.1 Å². The molecule has 0 aliphatic carbocycles. The van der Waals surface area contributed by atoms with Gasteiger partial charge in [0.25, 0.3) is 0 Å². The first-order valence-electron chi connectivity index (χ1n) is 6.83. The van der Waals surface area contributed by atoms with Crippen molar-refractivity contribution in [3.8, 4) is 0 Å². The summed E-state index contributed by atoms with van der Waals surface area (Å²) in [5, 5.41) is 3.43. The zero-order valence-electron chi connectivity index (χ0n) is 12.4. The van der Waals surface area contributed by atoms with E-state index in [4.69, 9.17) is 0 Å². The summed E-state index contributed by atoms with van der Waals surface area (Å²) in [5.74, 6) is 0.909. The Morgan fingerprint density at radius 2 is 2.16 bits per heavy atom. The number of nitrogens with one attached hydrogen (secondary N) is 1. The van der Waals surface area contributed by atoms with Gasteiger partial charge >= 0.3 is 0 Å². The fourth-order valence-corrected chi connectivity index (χ4v) is 2.50. The summed E-state index contributed by atoms with van der Waals surface area (Å²) in [5.41, 5.74) is 2.16. The van der Waals surface area contributed by atoms with Gasteiger partial charge in [-0.15, -0.1) is 0 Å². The topological polar surface area (TPSA) is 15.3 Å². The zero-order chi connectivity index (χ0) is 14.3. The van der Waals surface area contributed by atoms with Gasteiger partial charge < -0.3 is 10.2 Å².